The molecule has 74 valence electrons. The van der Waals surface area contributed by atoms with Crippen molar-refractivity contribution in [3.05, 3.63) is 0 Å². The van der Waals surface area contributed by atoms with Gasteiger partial charge in [-0.3, -0.25) is 4.79 Å². The van der Waals surface area contributed by atoms with Crippen LogP contribution in [0.25, 0.3) is 0 Å². The van der Waals surface area contributed by atoms with Crippen LogP contribution in [0.2, 0.25) is 0 Å². The summed E-state index contributed by atoms with van der Waals surface area (Å²) < 4.78 is 2.17. The quantitative estimate of drug-likeness (QED) is 0.511. The first kappa shape index (κ1) is 10.6. The number of alkyl halides is 2. The van der Waals surface area contributed by atoms with E-state index in [1.807, 2.05) is 0 Å². The van der Waals surface area contributed by atoms with E-state index in [0.29, 0.717) is 17.1 Å². The fourth-order valence-electron chi connectivity index (χ4n) is 3.15. The van der Waals surface area contributed by atoms with E-state index in [-0.39, 0.29) is 5.41 Å². The molecule has 0 amide bonds. The average Bonchev–Trinajstić information content (AvgIpc) is 2.53. The molecule has 0 radical (unpaired) electrons. The molecular formula is C10H14I2O. The Morgan fingerprint density at radius 2 is 2.15 bits per heavy atom. The van der Waals surface area contributed by atoms with E-state index in [9.17, 15) is 4.79 Å². The van der Waals surface area contributed by atoms with Crippen LogP contribution in [0.1, 0.15) is 26.2 Å². The van der Waals surface area contributed by atoms with E-state index in [1.165, 1.54) is 6.42 Å². The van der Waals surface area contributed by atoms with Gasteiger partial charge in [0.15, 0.2) is 0 Å². The van der Waals surface area contributed by atoms with Crippen LogP contribution in [-0.4, -0.2) is 14.6 Å². The first-order valence-corrected chi connectivity index (χ1v) is 7.81. The van der Waals surface area contributed by atoms with Gasteiger partial charge in [-0.2, -0.15) is 0 Å². The highest BCUT2D eigenvalue weighted by Crippen LogP contribution is 2.65. The number of rotatable bonds is 2. The Bertz CT molecular complexity index is 253. The second kappa shape index (κ2) is 3.32. The molecule has 0 aromatic carbocycles. The van der Waals surface area contributed by atoms with Gasteiger partial charge in [-0.05, 0) is 24.2 Å². The summed E-state index contributed by atoms with van der Waals surface area (Å²) in [7, 11) is 0. The number of Topliss-reactive ketones (excluding diaryl/α,β-unsaturated/α-hetero) is 1. The molecule has 2 bridgehead atoms. The fourth-order valence-corrected chi connectivity index (χ4v) is 6.18. The van der Waals surface area contributed by atoms with Crippen LogP contribution in [0.4, 0.5) is 0 Å². The smallest absolute Gasteiger partial charge is 0.140 e. The first-order valence-electron chi connectivity index (χ1n) is 4.76. The maximum absolute atomic E-state index is 12.0. The molecule has 13 heavy (non-hydrogen) atoms. The van der Waals surface area contributed by atoms with Crippen molar-refractivity contribution < 1.29 is 4.79 Å². The monoisotopic (exact) mass is 404 g/mol. The van der Waals surface area contributed by atoms with Gasteiger partial charge in [0.2, 0.25) is 0 Å². The zero-order chi connectivity index (χ0) is 9.69. The van der Waals surface area contributed by atoms with E-state index in [0.717, 1.165) is 21.7 Å². The minimum atomic E-state index is 0.0550. The molecule has 0 N–H and O–H groups in total. The minimum absolute atomic E-state index is 0.0550. The number of halogens is 2. The van der Waals surface area contributed by atoms with Gasteiger partial charge in [0, 0.05) is 20.7 Å². The van der Waals surface area contributed by atoms with Crippen molar-refractivity contribution >= 4 is 51.0 Å². The largest absolute Gasteiger partial charge is 0.299 e. The summed E-state index contributed by atoms with van der Waals surface area (Å²) in [6.07, 6.45) is 3.30. The summed E-state index contributed by atoms with van der Waals surface area (Å²) in [5.41, 5.74) is 0.366. The van der Waals surface area contributed by atoms with Gasteiger partial charge >= 0.3 is 0 Å². The molecule has 2 aliphatic rings. The van der Waals surface area contributed by atoms with Crippen LogP contribution in [0.15, 0.2) is 0 Å². The number of fused-ring (bicyclic) bond motifs is 2. The molecule has 3 atom stereocenters. The summed E-state index contributed by atoms with van der Waals surface area (Å²) in [6, 6.07) is 0. The molecule has 0 saturated heterocycles. The lowest BCUT2D eigenvalue weighted by Crippen LogP contribution is -2.40. The van der Waals surface area contributed by atoms with Crippen molar-refractivity contribution in [1.29, 1.82) is 0 Å². The maximum atomic E-state index is 12.0. The summed E-state index contributed by atoms with van der Waals surface area (Å²) in [4.78, 5) is 12.0. The zero-order valence-electron chi connectivity index (χ0n) is 7.78. The number of hydrogen-bond donors (Lipinski definition) is 0. The van der Waals surface area contributed by atoms with E-state index >= 15 is 0 Å². The number of carbonyl (C=O) groups is 1. The number of hydrogen-bond acceptors (Lipinski definition) is 1. The van der Waals surface area contributed by atoms with Crippen LogP contribution < -0.4 is 0 Å². The normalized spacial score (nSPS) is 48.8. The van der Waals surface area contributed by atoms with Crippen molar-refractivity contribution in [2.24, 2.45) is 16.7 Å². The predicted molar refractivity (Wildman–Crippen MR) is 70.7 cm³/mol. The van der Waals surface area contributed by atoms with Crippen LogP contribution in [0.5, 0.6) is 0 Å². The van der Waals surface area contributed by atoms with Crippen molar-refractivity contribution in [2.45, 2.75) is 26.2 Å². The molecule has 2 saturated carbocycles. The second-order valence-corrected chi connectivity index (χ2v) is 6.16. The molecule has 0 aromatic rings. The third-order valence-electron chi connectivity index (χ3n) is 4.39. The van der Waals surface area contributed by atoms with Gasteiger partial charge < -0.3 is 0 Å². The Balaban J connectivity index is 2.45. The Morgan fingerprint density at radius 1 is 1.46 bits per heavy atom. The SMILES string of the molecule is C[C@@]1(CI)[C@@H]2CC[C@]1(CI)C(=O)C2. The Labute approximate surface area is 107 Å². The number of carbonyl (C=O) groups excluding carboxylic acids is 1. The summed E-state index contributed by atoms with van der Waals surface area (Å²) in [6.45, 7) is 2.33. The fraction of sp³-hybridized carbons (Fsp3) is 0.900. The van der Waals surface area contributed by atoms with Crippen molar-refractivity contribution in [1.82, 2.24) is 0 Å². The van der Waals surface area contributed by atoms with Gasteiger partial charge in [-0.25, -0.2) is 0 Å². The molecule has 2 aliphatic carbocycles. The molecule has 2 fully saturated rings. The van der Waals surface area contributed by atoms with Crippen molar-refractivity contribution in [3.63, 3.8) is 0 Å². The standard InChI is InChI=1S/C10H14I2O/c1-9(5-11)7-2-3-10(9,6-12)8(13)4-7/h7H,2-6H2,1H3/t7-,9-,10+/m1/s1. The number of ketones is 1. The third-order valence-corrected chi connectivity index (χ3v) is 7.27. The van der Waals surface area contributed by atoms with Gasteiger partial charge in [-0.1, -0.05) is 52.1 Å². The first-order chi connectivity index (χ1) is 6.10. The van der Waals surface area contributed by atoms with Crippen LogP contribution >= 0.6 is 45.2 Å². The van der Waals surface area contributed by atoms with E-state index in [4.69, 9.17) is 0 Å². The van der Waals surface area contributed by atoms with Crippen molar-refractivity contribution in [3.8, 4) is 0 Å². The van der Waals surface area contributed by atoms with Gasteiger partial charge in [0.05, 0.1) is 0 Å². The molecule has 2 rings (SSSR count). The molecule has 0 spiro atoms. The van der Waals surface area contributed by atoms with Gasteiger partial charge in [0.25, 0.3) is 0 Å². The molecule has 0 heterocycles. The molecule has 0 unspecified atom stereocenters. The average molecular weight is 404 g/mol. The molecule has 3 heteroatoms. The molecule has 1 nitrogen and oxygen atoms in total. The highest BCUT2D eigenvalue weighted by Gasteiger charge is 2.65. The lowest BCUT2D eigenvalue weighted by molar-refractivity contribution is -0.127. The van der Waals surface area contributed by atoms with E-state index in [1.54, 1.807) is 0 Å². The van der Waals surface area contributed by atoms with E-state index < -0.39 is 0 Å². The summed E-state index contributed by atoms with van der Waals surface area (Å²) in [5.74, 6) is 1.24. The highest BCUT2D eigenvalue weighted by atomic mass is 127. The highest BCUT2D eigenvalue weighted by molar-refractivity contribution is 14.1. The maximum Gasteiger partial charge on any atom is 0.140 e. The molecule has 0 aliphatic heterocycles. The Morgan fingerprint density at radius 3 is 2.54 bits per heavy atom. The van der Waals surface area contributed by atoms with Gasteiger partial charge in [-0.15, -0.1) is 0 Å². The molecular weight excluding hydrogens is 390 g/mol. The molecule has 0 aromatic heterocycles. The van der Waals surface area contributed by atoms with Crippen LogP contribution in [-0.2, 0) is 4.79 Å². The van der Waals surface area contributed by atoms with Crippen molar-refractivity contribution in [2.75, 3.05) is 8.86 Å². The summed E-state index contributed by atoms with van der Waals surface area (Å²) in [5, 5.41) is 0. The zero-order valence-corrected chi connectivity index (χ0v) is 12.1. The predicted octanol–water partition coefficient (Wildman–Crippen LogP) is 3.23. The lowest BCUT2D eigenvalue weighted by atomic mass is 9.70. The third kappa shape index (κ3) is 1.12. The minimum Gasteiger partial charge on any atom is -0.299 e. The van der Waals surface area contributed by atoms with Gasteiger partial charge in [0.1, 0.15) is 5.78 Å². The Hall–Kier alpha value is 1.13. The lowest BCUT2D eigenvalue weighted by Gasteiger charge is -2.36. The second-order valence-electron chi connectivity index (χ2n) is 4.63. The van der Waals surface area contributed by atoms with E-state index in [2.05, 4.69) is 52.1 Å². The van der Waals surface area contributed by atoms with Crippen LogP contribution in [0.3, 0.4) is 0 Å². The topological polar surface area (TPSA) is 17.1 Å². The Kier molecular flexibility index (Phi) is 2.72. The van der Waals surface area contributed by atoms with Crippen LogP contribution in [0, 0.1) is 16.7 Å². The summed E-state index contributed by atoms with van der Waals surface area (Å²) >= 11 is 4.87.